The average molecular weight is 401 g/mol. The van der Waals surface area contributed by atoms with Gasteiger partial charge in [-0.1, -0.05) is 54.1 Å². The molecule has 0 aliphatic rings. The second-order valence-electron chi connectivity index (χ2n) is 6.32. The van der Waals surface area contributed by atoms with Crippen molar-refractivity contribution in [3.8, 4) is 17.4 Å². The highest BCUT2D eigenvalue weighted by Gasteiger charge is 2.18. The maximum absolute atomic E-state index is 11.3. The number of nitro benzene ring substituents is 1. The molecule has 4 rings (SSSR count). The van der Waals surface area contributed by atoms with E-state index >= 15 is 0 Å². The predicted octanol–water partition coefficient (Wildman–Crippen LogP) is 6.73. The van der Waals surface area contributed by atoms with Crippen molar-refractivity contribution in [2.45, 2.75) is 0 Å². The van der Waals surface area contributed by atoms with Crippen molar-refractivity contribution >= 4 is 39.7 Å². The highest BCUT2D eigenvalue weighted by atomic mass is 35.5. The summed E-state index contributed by atoms with van der Waals surface area (Å²) in [5.74, 6) is 0.753. The van der Waals surface area contributed by atoms with E-state index in [1.54, 1.807) is 30.3 Å². The monoisotopic (exact) mass is 400 g/mol. The Hall–Kier alpha value is -3.88. The van der Waals surface area contributed by atoms with Crippen LogP contribution in [0.4, 0.5) is 5.69 Å². The number of allylic oxidation sites excluding steroid dienone is 1. The molecule has 1 aromatic heterocycles. The molecule has 0 saturated carbocycles. The van der Waals surface area contributed by atoms with E-state index in [1.807, 2.05) is 42.5 Å². The van der Waals surface area contributed by atoms with Crippen LogP contribution in [0, 0.1) is 21.4 Å². The van der Waals surface area contributed by atoms with Crippen molar-refractivity contribution in [1.82, 2.24) is 0 Å². The molecular formula is C23H13ClN2O3. The first-order valence-electron chi connectivity index (χ1n) is 8.71. The molecule has 0 fully saturated rings. The van der Waals surface area contributed by atoms with Crippen LogP contribution < -0.4 is 0 Å². The molecule has 0 spiro atoms. The van der Waals surface area contributed by atoms with Gasteiger partial charge in [-0.15, -0.1) is 0 Å². The van der Waals surface area contributed by atoms with E-state index in [4.69, 9.17) is 16.0 Å². The van der Waals surface area contributed by atoms with E-state index < -0.39 is 4.92 Å². The normalized spacial score (nSPS) is 11.4. The first kappa shape index (κ1) is 18.5. The molecule has 0 N–H and O–H groups in total. The Morgan fingerprint density at radius 1 is 1.07 bits per heavy atom. The summed E-state index contributed by atoms with van der Waals surface area (Å²) < 4.78 is 5.79. The fourth-order valence-corrected chi connectivity index (χ4v) is 3.38. The Morgan fingerprint density at radius 2 is 1.86 bits per heavy atom. The Balaban J connectivity index is 1.78. The number of nitrogens with zero attached hydrogens (tertiary/aromatic N) is 2. The Bertz CT molecular complexity index is 1310. The lowest BCUT2D eigenvalue weighted by atomic mass is 9.98. The number of hydrogen-bond acceptors (Lipinski definition) is 4. The summed E-state index contributed by atoms with van der Waals surface area (Å²) in [6.07, 6.45) is 1.63. The molecule has 6 heteroatoms. The molecule has 0 saturated heterocycles. The Kier molecular flexibility index (Phi) is 4.86. The zero-order valence-electron chi connectivity index (χ0n) is 15.0. The summed E-state index contributed by atoms with van der Waals surface area (Å²) in [4.78, 5) is 10.8. The average Bonchev–Trinajstić information content (AvgIpc) is 3.20. The minimum absolute atomic E-state index is 0.142. The second-order valence-corrected chi connectivity index (χ2v) is 6.75. The van der Waals surface area contributed by atoms with Crippen molar-refractivity contribution in [2.24, 2.45) is 0 Å². The van der Waals surface area contributed by atoms with Gasteiger partial charge in [0.15, 0.2) is 0 Å². The molecule has 3 aromatic carbocycles. The van der Waals surface area contributed by atoms with Crippen LogP contribution in [0.2, 0.25) is 5.02 Å². The van der Waals surface area contributed by atoms with Gasteiger partial charge in [-0.05, 0) is 41.1 Å². The molecule has 0 radical (unpaired) electrons. The van der Waals surface area contributed by atoms with Gasteiger partial charge < -0.3 is 4.42 Å². The van der Waals surface area contributed by atoms with Gasteiger partial charge in [-0.2, -0.15) is 5.26 Å². The maximum atomic E-state index is 11.3. The SMILES string of the molecule is N#C/C(=C/c1ccc(-c2ccc(Cl)cc2[N+](=O)[O-])o1)c1cccc2ccccc12. The van der Waals surface area contributed by atoms with E-state index in [-0.39, 0.29) is 10.7 Å². The van der Waals surface area contributed by atoms with Gasteiger partial charge in [-0.25, -0.2) is 0 Å². The van der Waals surface area contributed by atoms with Crippen LogP contribution in [0.3, 0.4) is 0 Å². The fraction of sp³-hybridized carbons (Fsp3) is 0. The number of furan rings is 1. The minimum Gasteiger partial charge on any atom is -0.456 e. The number of halogens is 1. The first-order chi connectivity index (χ1) is 14.1. The van der Waals surface area contributed by atoms with Crippen LogP contribution in [0.1, 0.15) is 11.3 Å². The van der Waals surface area contributed by atoms with Crippen molar-refractivity contribution < 1.29 is 9.34 Å². The molecule has 0 aliphatic carbocycles. The largest absolute Gasteiger partial charge is 0.456 e. The predicted molar refractivity (Wildman–Crippen MR) is 113 cm³/mol. The molecule has 0 atom stereocenters. The lowest BCUT2D eigenvalue weighted by Crippen LogP contribution is -1.91. The van der Waals surface area contributed by atoms with Crippen LogP contribution in [-0.2, 0) is 0 Å². The molecule has 0 bridgehead atoms. The minimum atomic E-state index is -0.504. The molecule has 140 valence electrons. The van der Waals surface area contributed by atoms with E-state index in [0.717, 1.165) is 16.3 Å². The van der Waals surface area contributed by atoms with Gasteiger partial charge in [0.25, 0.3) is 5.69 Å². The number of nitro groups is 1. The summed E-state index contributed by atoms with van der Waals surface area (Å²) in [6.45, 7) is 0. The van der Waals surface area contributed by atoms with Crippen molar-refractivity contribution in [1.29, 1.82) is 5.26 Å². The van der Waals surface area contributed by atoms with E-state index in [9.17, 15) is 15.4 Å². The molecule has 4 aromatic rings. The summed E-state index contributed by atoms with van der Waals surface area (Å²) in [6, 6.07) is 23.5. The third-order valence-electron chi connectivity index (χ3n) is 4.54. The lowest BCUT2D eigenvalue weighted by molar-refractivity contribution is -0.384. The summed E-state index contributed by atoms with van der Waals surface area (Å²) >= 11 is 5.88. The van der Waals surface area contributed by atoms with E-state index in [0.29, 0.717) is 22.7 Å². The molecule has 0 aliphatic heterocycles. The second kappa shape index (κ2) is 7.63. The third-order valence-corrected chi connectivity index (χ3v) is 4.77. The van der Waals surface area contributed by atoms with Gasteiger partial charge in [-0.3, -0.25) is 10.1 Å². The fourth-order valence-electron chi connectivity index (χ4n) is 3.21. The number of fused-ring (bicyclic) bond motifs is 1. The Morgan fingerprint density at radius 3 is 2.66 bits per heavy atom. The number of rotatable bonds is 4. The highest BCUT2D eigenvalue weighted by molar-refractivity contribution is 6.30. The molecule has 1 heterocycles. The number of hydrogen-bond donors (Lipinski definition) is 0. The van der Waals surface area contributed by atoms with Gasteiger partial charge in [0.05, 0.1) is 22.1 Å². The van der Waals surface area contributed by atoms with Gasteiger partial charge in [0.2, 0.25) is 0 Å². The van der Waals surface area contributed by atoms with Crippen LogP contribution in [0.15, 0.2) is 77.2 Å². The smallest absolute Gasteiger partial charge is 0.281 e. The lowest BCUT2D eigenvalue weighted by Gasteiger charge is -2.05. The van der Waals surface area contributed by atoms with E-state index in [1.165, 1.54) is 6.07 Å². The van der Waals surface area contributed by atoms with Crippen LogP contribution in [0.5, 0.6) is 0 Å². The topological polar surface area (TPSA) is 80.1 Å². The summed E-state index contributed by atoms with van der Waals surface area (Å²) in [5, 5.41) is 23.3. The summed E-state index contributed by atoms with van der Waals surface area (Å²) in [5.41, 5.74) is 1.41. The maximum Gasteiger partial charge on any atom is 0.281 e. The van der Waals surface area contributed by atoms with Gasteiger partial charge in [0, 0.05) is 16.7 Å². The summed E-state index contributed by atoms with van der Waals surface area (Å²) in [7, 11) is 0. The molecule has 29 heavy (non-hydrogen) atoms. The van der Waals surface area contributed by atoms with E-state index in [2.05, 4.69) is 6.07 Å². The Labute approximate surface area is 171 Å². The quantitative estimate of drug-likeness (QED) is 0.216. The van der Waals surface area contributed by atoms with Crippen molar-refractivity contribution in [3.63, 3.8) is 0 Å². The van der Waals surface area contributed by atoms with Crippen molar-refractivity contribution in [2.75, 3.05) is 0 Å². The third kappa shape index (κ3) is 3.62. The molecule has 0 amide bonds. The zero-order valence-corrected chi connectivity index (χ0v) is 15.8. The zero-order chi connectivity index (χ0) is 20.4. The first-order valence-corrected chi connectivity index (χ1v) is 9.08. The standard InChI is InChI=1S/C23H13ClN2O3/c24-17-8-10-21(22(13-17)26(27)28)23-11-9-18(29-23)12-16(14-25)20-7-3-5-15-4-1-2-6-19(15)20/h1-13H/b16-12-. The molecular weight excluding hydrogens is 388 g/mol. The molecule has 0 unspecified atom stereocenters. The van der Waals surface area contributed by atoms with Gasteiger partial charge in [0.1, 0.15) is 11.5 Å². The molecule has 5 nitrogen and oxygen atoms in total. The van der Waals surface area contributed by atoms with Crippen LogP contribution in [-0.4, -0.2) is 4.92 Å². The van der Waals surface area contributed by atoms with Gasteiger partial charge >= 0.3 is 0 Å². The highest BCUT2D eigenvalue weighted by Crippen LogP contribution is 2.34. The van der Waals surface area contributed by atoms with Crippen LogP contribution in [0.25, 0.3) is 33.7 Å². The van der Waals surface area contributed by atoms with Crippen molar-refractivity contribution in [3.05, 3.63) is 99.3 Å². The number of nitriles is 1. The number of benzene rings is 3. The van der Waals surface area contributed by atoms with Crippen LogP contribution >= 0.6 is 11.6 Å².